The van der Waals surface area contributed by atoms with Gasteiger partial charge in [0.05, 0.1) is 4.91 Å². The van der Waals surface area contributed by atoms with Gasteiger partial charge in [0.1, 0.15) is 12.4 Å². The summed E-state index contributed by atoms with van der Waals surface area (Å²) in [7, 11) is 0. The maximum atomic E-state index is 12.3. The number of benzene rings is 2. The number of rotatable bonds is 5. The fraction of sp³-hybridized carbons (Fsp3) is 0.200. The molecule has 2 amide bonds. The number of ether oxygens (including phenoxy) is 1. The molecule has 0 aromatic heterocycles. The summed E-state index contributed by atoms with van der Waals surface area (Å²) in [4.78, 5) is 25.9. The van der Waals surface area contributed by atoms with Crippen molar-refractivity contribution in [1.29, 1.82) is 0 Å². The summed E-state index contributed by atoms with van der Waals surface area (Å²) in [5.41, 5.74) is 1.97. The van der Waals surface area contributed by atoms with Crippen LogP contribution >= 0.6 is 11.8 Å². The van der Waals surface area contributed by atoms with E-state index in [0.717, 1.165) is 28.6 Å². The first-order valence-corrected chi connectivity index (χ1v) is 8.90. The number of nitrogens with zero attached hydrogens (tertiary/aromatic N) is 1. The lowest BCUT2D eigenvalue weighted by Gasteiger charge is -2.16. The molecule has 5 heteroatoms. The minimum Gasteiger partial charge on any atom is -0.489 e. The molecule has 0 unspecified atom stereocenters. The lowest BCUT2D eigenvalue weighted by atomic mass is 10.2. The van der Waals surface area contributed by atoms with Crippen LogP contribution in [0.15, 0.2) is 59.5 Å². The Morgan fingerprint density at radius 1 is 1.04 bits per heavy atom. The van der Waals surface area contributed by atoms with Crippen molar-refractivity contribution >= 4 is 29.0 Å². The summed E-state index contributed by atoms with van der Waals surface area (Å²) in [5.74, 6) is 0.533. The molecule has 25 heavy (non-hydrogen) atoms. The minimum atomic E-state index is -0.227. The van der Waals surface area contributed by atoms with Gasteiger partial charge in [-0.15, -0.1) is 0 Å². The van der Waals surface area contributed by atoms with E-state index in [4.69, 9.17) is 4.74 Å². The van der Waals surface area contributed by atoms with Crippen LogP contribution in [-0.4, -0.2) is 22.1 Å². The first-order valence-electron chi connectivity index (χ1n) is 8.08. The number of carbonyl (C=O) groups is 2. The van der Waals surface area contributed by atoms with Crippen LogP contribution in [0.25, 0.3) is 6.08 Å². The first kappa shape index (κ1) is 17.3. The van der Waals surface area contributed by atoms with Gasteiger partial charge in [0, 0.05) is 6.04 Å². The molecule has 0 saturated carbocycles. The van der Waals surface area contributed by atoms with Crippen LogP contribution in [-0.2, 0) is 11.4 Å². The highest BCUT2D eigenvalue weighted by Gasteiger charge is 2.36. The zero-order valence-electron chi connectivity index (χ0n) is 14.1. The normalized spacial score (nSPS) is 16.1. The third kappa shape index (κ3) is 4.12. The summed E-state index contributed by atoms with van der Waals surface area (Å²) in [6, 6.07) is 17.3. The topological polar surface area (TPSA) is 46.6 Å². The van der Waals surface area contributed by atoms with Gasteiger partial charge in [-0.3, -0.25) is 14.5 Å². The molecule has 2 aromatic rings. The van der Waals surface area contributed by atoms with E-state index in [1.807, 2.05) is 68.4 Å². The second kappa shape index (κ2) is 7.57. The molecule has 0 N–H and O–H groups in total. The maximum Gasteiger partial charge on any atom is 0.293 e. The summed E-state index contributed by atoms with van der Waals surface area (Å²) in [6.45, 7) is 4.17. The van der Waals surface area contributed by atoms with E-state index in [1.165, 1.54) is 4.90 Å². The predicted molar refractivity (Wildman–Crippen MR) is 100 cm³/mol. The Kier molecular flexibility index (Phi) is 5.24. The second-order valence-corrected chi connectivity index (χ2v) is 6.98. The zero-order chi connectivity index (χ0) is 17.8. The van der Waals surface area contributed by atoms with Crippen molar-refractivity contribution in [1.82, 2.24) is 4.90 Å². The van der Waals surface area contributed by atoms with E-state index in [0.29, 0.717) is 11.5 Å². The monoisotopic (exact) mass is 353 g/mol. The number of thioether (sulfide) groups is 1. The Balaban J connectivity index is 1.66. The Bertz CT molecular complexity index is 797. The van der Waals surface area contributed by atoms with E-state index in [1.54, 1.807) is 6.08 Å². The van der Waals surface area contributed by atoms with Gasteiger partial charge in [0.2, 0.25) is 0 Å². The van der Waals surface area contributed by atoms with E-state index in [9.17, 15) is 9.59 Å². The van der Waals surface area contributed by atoms with E-state index < -0.39 is 0 Å². The highest BCUT2D eigenvalue weighted by atomic mass is 32.2. The summed E-state index contributed by atoms with van der Waals surface area (Å²) in [6.07, 6.45) is 1.74. The standard InChI is InChI=1S/C20H19NO3S/c1-14(2)21-19(22)18(25-20(21)23)12-15-8-10-17(11-9-15)24-13-16-6-4-3-5-7-16/h3-12,14H,13H2,1-2H3/b18-12+. The van der Waals surface area contributed by atoms with Gasteiger partial charge >= 0.3 is 0 Å². The highest BCUT2D eigenvalue weighted by Crippen LogP contribution is 2.33. The average Bonchev–Trinajstić information content (AvgIpc) is 2.89. The molecule has 0 bridgehead atoms. The molecule has 3 rings (SSSR count). The van der Waals surface area contributed by atoms with E-state index in [-0.39, 0.29) is 17.2 Å². The Hall–Kier alpha value is -2.53. The quantitative estimate of drug-likeness (QED) is 0.730. The number of hydrogen-bond acceptors (Lipinski definition) is 4. The third-order valence-corrected chi connectivity index (χ3v) is 4.65. The lowest BCUT2D eigenvalue weighted by Crippen LogP contribution is -2.34. The molecular weight excluding hydrogens is 334 g/mol. The van der Waals surface area contributed by atoms with Crippen molar-refractivity contribution in [2.75, 3.05) is 0 Å². The molecule has 4 nitrogen and oxygen atoms in total. The first-order chi connectivity index (χ1) is 12.0. The van der Waals surface area contributed by atoms with Crippen LogP contribution in [0.2, 0.25) is 0 Å². The van der Waals surface area contributed by atoms with Crippen LogP contribution in [0.1, 0.15) is 25.0 Å². The van der Waals surface area contributed by atoms with Gasteiger partial charge in [-0.05, 0) is 54.9 Å². The van der Waals surface area contributed by atoms with Crippen LogP contribution in [0, 0.1) is 0 Å². The predicted octanol–water partition coefficient (Wildman–Crippen LogP) is 4.71. The fourth-order valence-electron chi connectivity index (χ4n) is 2.48. The van der Waals surface area contributed by atoms with Gasteiger partial charge in [-0.25, -0.2) is 0 Å². The summed E-state index contributed by atoms with van der Waals surface area (Å²) in [5, 5.41) is -0.214. The second-order valence-electron chi connectivity index (χ2n) is 5.99. The molecule has 0 spiro atoms. The van der Waals surface area contributed by atoms with Gasteiger partial charge in [-0.1, -0.05) is 42.5 Å². The van der Waals surface area contributed by atoms with Crippen LogP contribution in [0.5, 0.6) is 5.75 Å². The number of hydrogen-bond donors (Lipinski definition) is 0. The molecule has 0 radical (unpaired) electrons. The number of amides is 2. The SMILES string of the molecule is CC(C)N1C(=O)S/C(=C/c2ccc(OCc3ccccc3)cc2)C1=O. The summed E-state index contributed by atoms with van der Waals surface area (Å²) >= 11 is 0.984. The maximum absolute atomic E-state index is 12.3. The highest BCUT2D eigenvalue weighted by molar-refractivity contribution is 8.18. The molecule has 0 aliphatic carbocycles. The molecule has 1 aliphatic heterocycles. The van der Waals surface area contributed by atoms with Crippen molar-refractivity contribution < 1.29 is 14.3 Å². The molecule has 128 valence electrons. The largest absolute Gasteiger partial charge is 0.489 e. The van der Waals surface area contributed by atoms with Gasteiger partial charge in [-0.2, -0.15) is 0 Å². The number of carbonyl (C=O) groups excluding carboxylic acids is 2. The smallest absolute Gasteiger partial charge is 0.293 e. The molecule has 2 aromatic carbocycles. The van der Waals surface area contributed by atoms with Crippen molar-refractivity contribution in [2.24, 2.45) is 0 Å². The third-order valence-electron chi connectivity index (χ3n) is 3.77. The number of imide groups is 1. The molecule has 1 aliphatic rings. The van der Waals surface area contributed by atoms with E-state index >= 15 is 0 Å². The van der Waals surface area contributed by atoms with Gasteiger partial charge < -0.3 is 4.74 Å². The average molecular weight is 353 g/mol. The van der Waals surface area contributed by atoms with E-state index in [2.05, 4.69) is 0 Å². The fourth-order valence-corrected chi connectivity index (χ4v) is 3.44. The molecule has 1 saturated heterocycles. The van der Waals surface area contributed by atoms with Crippen LogP contribution < -0.4 is 4.74 Å². The molecule has 1 heterocycles. The van der Waals surface area contributed by atoms with Crippen molar-refractivity contribution in [3.63, 3.8) is 0 Å². The summed E-state index contributed by atoms with van der Waals surface area (Å²) < 4.78 is 5.75. The molecule has 1 fully saturated rings. The molecular formula is C20H19NO3S. The van der Waals surface area contributed by atoms with Crippen molar-refractivity contribution in [2.45, 2.75) is 26.5 Å². The van der Waals surface area contributed by atoms with Crippen molar-refractivity contribution in [3.8, 4) is 5.75 Å². The zero-order valence-corrected chi connectivity index (χ0v) is 15.0. The van der Waals surface area contributed by atoms with Crippen molar-refractivity contribution in [3.05, 3.63) is 70.6 Å². The Morgan fingerprint density at radius 2 is 1.72 bits per heavy atom. The molecule has 0 atom stereocenters. The van der Waals surface area contributed by atoms with Gasteiger partial charge in [0.25, 0.3) is 11.1 Å². The van der Waals surface area contributed by atoms with Crippen LogP contribution in [0.3, 0.4) is 0 Å². The minimum absolute atomic E-state index is 0.132. The Morgan fingerprint density at radius 3 is 2.32 bits per heavy atom. The Labute approximate surface area is 151 Å². The van der Waals surface area contributed by atoms with Crippen LogP contribution in [0.4, 0.5) is 4.79 Å². The van der Waals surface area contributed by atoms with Gasteiger partial charge in [0.15, 0.2) is 0 Å². The lowest BCUT2D eigenvalue weighted by molar-refractivity contribution is -0.123.